The third-order valence-electron chi connectivity index (χ3n) is 26.8. The predicted octanol–water partition coefficient (Wildman–Crippen LogP) is 36.1. The summed E-state index contributed by atoms with van der Waals surface area (Å²) in [4.78, 5) is 39.2. The molecule has 0 fully saturated rings. The van der Waals surface area contributed by atoms with E-state index in [2.05, 4.69) is 410 Å². The first-order chi connectivity index (χ1) is 70.9. The Morgan fingerprint density at radius 1 is 0.219 bits per heavy atom. The molecular weight excluding hydrogens is 1870 g/mol. The molecule has 716 valence electrons. The Morgan fingerprint density at radius 3 is 1.18 bits per heavy atom. The maximum absolute atomic E-state index is 5.70. The van der Waals surface area contributed by atoms with Crippen LogP contribution in [-0.4, -0.2) is 53.6 Å². The zero-order chi connectivity index (χ0) is 101. The van der Waals surface area contributed by atoms with E-state index in [1.165, 1.54) is 183 Å². The second-order valence-corrected chi connectivity index (χ2v) is 41.6. The molecule has 17 heterocycles. The highest BCUT2D eigenvalue weighted by Gasteiger charge is 2.17. The summed E-state index contributed by atoms with van der Waals surface area (Å²) in [6.07, 6.45) is 9.23. The Balaban J connectivity index is 0.0000000953. The SMILES string of the molecule is Cc1ccc2c(c1)c1ccccc1n2C.Cc1ccc2c(c1)oc1nc(C)ccc12.Cc1ccc2c(c1)oc1nc(C)ccc12.Cc1ccc2c(c1)oc1nc(C)ncc12.Cc1ccc2c(c1)sc1ncccc12.Cc1ccc2c3ccccc3n(C)c2c1.Cc1ccc2sc3ncccc3c2c1.Cc1cccc2c1sc1ncccc12.Cc1cccc2c3ccccc3n(C)c12.Cc1cccc2sc3ncccc3c12. The monoisotopic (exact) mass is 1970 g/mol. The van der Waals surface area contributed by atoms with Crippen molar-refractivity contribution in [2.24, 2.45) is 21.1 Å². The van der Waals surface area contributed by atoms with Gasteiger partial charge in [0.25, 0.3) is 0 Å². The Labute approximate surface area is 860 Å². The minimum atomic E-state index is 0.670. The summed E-state index contributed by atoms with van der Waals surface area (Å²) in [7, 11) is 6.39. The van der Waals surface area contributed by atoms with Crippen LogP contribution in [-0.2, 0) is 21.1 Å². The lowest BCUT2D eigenvalue weighted by molar-refractivity contribution is 0.650. The number of nitrogens with zero attached hydrogens (tertiary/aromatic N) is 11. The van der Waals surface area contributed by atoms with E-state index in [0.717, 1.165) is 97.0 Å². The Bertz CT molecular complexity index is 9690. The van der Waals surface area contributed by atoms with E-state index in [1.54, 1.807) is 45.3 Å². The van der Waals surface area contributed by atoms with Crippen LogP contribution in [0.1, 0.15) is 72.8 Å². The van der Waals surface area contributed by atoms with Gasteiger partial charge in [0.05, 0.1) is 10.9 Å². The van der Waals surface area contributed by atoms with E-state index in [4.69, 9.17) is 13.3 Å². The number of benzene rings is 13. The first-order valence-electron chi connectivity index (χ1n) is 48.9. The third-order valence-corrected chi connectivity index (χ3v) is 31.3. The van der Waals surface area contributed by atoms with Crippen molar-refractivity contribution in [3.63, 3.8) is 0 Å². The number of hydrogen-bond acceptors (Lipinski definition) is 15. The van der Waals surface area contributed by atoms with Crippen LogP contribution in [0.25, 0.3) is 213 Å². The van der Waals surface area contributed by atoms with Gasteiger partial charge in [-0.05, 0) is 286 Å². The van der Waals surface area contributed by atoms with Crippen molar-refractivity contribution in [1.29, 1.82) is 0 Å². The maximum Gasteiger partial charge on any atom is 0.230 e. The summed E-state index contributed by atoms with van der Waals surface area (Å²) < 4.78 is 29.2. The van der Waals surface area contributed by atoms with Crippen molar-refractivity contribution in [2.75, 3.05) is 0 Å². The van der Waals surface area contributed by atoms with Crippen LogP contribution in [0.2, 0.25) is 0 Å². The van der Waals surface area contributed by atoms with Crippen LogP contribution in [0, 0.1) is 90.0 Å². The fourth-order valence-corrected chi connectivity index (χ4v) is 23.9. The number of fused-ring (bicyclic) bond motifs is 30. The van der Waals surface area contributed by atoms with Gasteiger partial charge in [0, 0.05) is 212 Å². The van der Waals surface area contributed by atoms with Crippen molar-refractivity contribution >= 4 is 258 Å². The van der Waals surface area contributed by atoms with Crippen LogP contribution in [0.3, 0.4) is 0 Å². The quantitative estimate of drug-likeness (QED) is 0.142. The van der Waals surface area contributed by atoms with Gasteiger partial charge in [-0.15, -0.1) is 45.3 Å². The average Bonchev–Trinajstić information content (AvgIpc) is 1.61. The molecule has 0 aliphatic rings. The Kier molecular flexibility index (Phi) is 26.9. The number of furan rings is 3. The van der Waals surface area contributed by atoms with Gasteiger partial charge in [0.1, 0.15) is 41.9 Å². The van der Waals surface area contributed by atoms with Crippen LogP contribution in [0.4, 0.5) is 0 Å². The molecule has 0 aliphatic heterocycles. The molecule has 0 radical (unpaired) electrons. The minimum absolute atomic E-state index is 0.670. The van der Waals surface area contributed by atoms with Crippen molar-refractivity contribution in [1.82, 2.24) is 53.6 Å². The lowest BCUT2D eigenvalue weighted by atomic mass is 10.1. The normalized spacial score (nSPS) is 11.3. The van der Waals surface area contributed by atoms with Gasteiger partial charge in [-0.3, -0.25) is 0 Å². The summed E-state index contributed by atoms with van der Waals surface area (Å²) >= 11 is 7.07. The number of pyridine rings is 6. The summed E-state index contributed by atoms with van der Waals surface area (Å²) in [5.74, 6) is 0.735. The zero-order valence-corrected chi connectivity index (χ0v) is 87.6. The second-order valence-electron chi connectivity index (χ2n) is 37.5. The minimum Gasteiger partial charge on any atom is -0.438 e. The van der Waals surface area contributed by atoms with Gasteiger partial charge in [-0.2, -0.15) is 4.98 Å². The van der Waals surface area contributed by atoms with Gasteiger partial charge in [-0.25, -0.2) is 34.9 Å². The zero-order valence-electron chi connectivity index (χ0n) is 84.3. The molecule has 0 atom stereocenters. The summed E-state index contributed by atoms with van der Waals surface area (Å²) in [6, 6.07) is 115. The fraction of sp³-hybridized carbons (Fsp3) is 0.125. The van der Waals surface area contributed by atoms with Crippen LogP contribution < -0.4 is 0 Å². The smallest absolute Gasteiger partial charge is 0.230 e. The number of aryl methyl sites for hydroxylation is 16. The molecule has 14 nitrogen and oxygen atoms in total. The third kappa shape index (κ3) is 19.4. The number of rotatable bonds is 0. The van der Waals surface area contributed by atoms with Crippen molar-refractivity contribution in [3.8, 4) is 0 Å². The number of thiophene rings is 4. The van der Waals surface area contributed by atoms with Crippen molar-refractivity contribution < 1.29 is 13.3 Å². The van der Waals surface area contributed by atoms with Gasteiger partial charge in [-0.1, -0.05) is 187 Å². The average molecular weight is 1980 g/mol. The van der Waals surface area contributed by atoms with Crippen LogP contribution >= 0.6 is 45.3 Å². The highest BCUT2D eigenvalue weighted by atomic mass is 32.1. The first kappa shape index (κ1) is 95.7. The highest BCUT2D eigenvalue weighted by molar-refractivity contribution is 7.26. The van der Waals surface area contributed by atoms with Gasteiger partial charge in [0.15, 0.2) is 0 Å². The van der Waals surface area contributed by atoms with E-state index in [-0.39, 0.29) is 0 Å². The molecule has 0 amide bonds. The maximum atomic E-state index is 5.70. The second kappa shape index (κ2) is 41.1. The topological polar surface area (TPSA) is 157 Å². The molecule has 30 rings (SSSR count). The summed E-state index contributed by atoms with van der Waals surface area (Å²) in [5.41, 5.74) is 27.6. The lowest BCUT2D eigenvalue weighted by Gasteiger charge is -2.00. The number of aromatic nitrogens is 11. The molecule has 146 heavy (non-hydrogen) atoms. The Hall–Kier alpha value is -16.5. The van der Waals surface area contributed by atoms with E-state index in [1.807, 2.05) is 113 Å². The molecule has 0 aliphatic carbocycles. The first-order valence-corrected chi connectivity index (χ1v) is 52.1. The lowest BCUT2D eigenvalue weighted by Crippen LogP contribution is -1.88. The van der Waals surface area contributed by atoms with Gasteiger partial charge in [0.2, 0.25) is 17.1 Å². The summed E-state index contributed by atoms with van der Waals surface area (Å²) in [6.45, 7) is 27.0. The number of para-hydroxylation sites is 4. The van der Waals surface area contributed by atoms with E-state index in [9.17, 15) is 0 Å². The molecule has 17 aromatic heterocycles. The predicted molar refractivity (Wildman–Crippen MR) is 624 cm³/mol. The van der Waals surface area contributed by atoms with Gasteiger partial charge < -0.3 is 27.0 Å². The standard InChI is InChI=1S/3C14H13N.2C13H11NO.C12H10N2O.4C12H9NS/c1-10-6-5-8-12-11-7-3-4-9-13(11)15(2)14(10)12;1-10-7-8-14-12(9-10)11-5-3-4-6-13(11)15(14)2;1-10-7-8-12-11-5-3-4-6-13(11)15(2)14(12)9-10;2*1-8-3-5-10-11-6-4-9(2)14-13(11)15-12(10)7-8;1-7-3-4-9-10-6-13-8(2)14-12(10)15-11(9)5-7;1-8-4-2-6-10-11(8)9-5-3-7-13-12(9)14-10;1-8-4-2-5-9-10-6-3-7-13-12(10)14-11(8)9;1-8-4-5-9-10-3-2-6-13-12(10)14-11(9)7-8;1-8-4-5-11-10(7-8)9-3-2-6-13-12(9)14-11/h3*3-9H,1-2H3;2*3-7H,1-2H3;3-6H,1-2H3;4*2-7H,1H3. The largest absolute Gasteiger partial charge is 0.438 e. The van der Waals surface area contributed by atoms with Crippen LogP contribution in [0.5, 0.6) is 0 Å². The highest BCUT2D eigenvalue weighted by Crippen LogP contribution is 2.41. The molecule has 0 bridgehead atoms. The number of hydrogen-bond donors (Lipinski definition) is 0. The fourth-order valence-electron chi connectivity index (χ4n) is 19.5. The van der Waals surface area contributed by atoms with E-state index in [0.29, 0.717) is 5.71 Å². The van der Waals surface area contributed by atoms with E-state index < -0.39 is 0 Å². The molecule has 0 spiro atoms. The molecule has 0 unspecified atom stereocenters. The molecule has 0 saturated heterocycles. The molecule has 30 aromatic rings. The molecular formula is C128H107N11O3S4. The van der Waals surface area contributed by atoms with Crippen molar-refractivity contribution in [2.45, 2.75) is 90.0 Å². The van der Waals surface area contributed by atoms with Crippen molar-refractivity contribution in [3.05, 3.63) is 431 Å². The molecule has 13 aromatic carbocycles. The molecule has 0 N–H and O–H groups in total. The Morgan fingerprint density at radius 2 is 0.596 bits per heavy atom. The van der Waals surface area contributed by atoms with Gasteiger partial charge >= 0.3 is 0 Å². The molecule has 18 heteroatoms. The van der Waals surface area contributed by atoms with E-state index >= 15 is 0 Å². The van der Waals surface area contributed by atoms with Crippen LogP contribution in [0.15, 0.2) is 372 Å². The summed E-state index contributed by atoms with van der Waals surface area (Å²) in [5, 5.41) is 25.1. The molecule has 0 saturated carbocycles.